The molecule has 17 heavy (non-hydrogen) atoms. The zero-order valence-electron chi connectivity index (χ0n) is 9.84. The van der Waals surface area contributed by atoms with Gasteiger partial charge in [-0.15, -0.1) is 0 Å². The van der Waals surface area contributed by atoms with Gasteiger partial charge in [-0.05, 0) is 12.1 Å². The summed E-state index contributed by atoms with van der Waals surface area (Å²) in [5.41, 5.74) is 0. The first-order valence-corrected chi connectivity index (χ1v) is 8.44. The number of benzene rings is 2. The largest absolute Gasteiger partial charge is 0.118 e. The number of hydrogen-bond donors (Lipinski definition) is 0. The Kier molecular flexibility index (Phi) is 3.93. The van der Waals surface area contributed by atoms with Crippen molar-refractivity contribution in [1.29, 1.82) is 0 Å². The molecule has 3 rings (SSSR count). The van der Waals surface area contributed by atoms with E-state index in [-0.39, 0.29) is 18.6 Å². The van der Waals surface area contributed by atoms with E-state index in [1.165, 1.54) is 18.5 Å². The molecule has 1 radical (unpaired) electrons. The Morgan fingerprint density at radius 2 is 1.06 bits per heavy atom. The maximum Gasteiger partial charge on any atom is 0.118 e. The quantitative estimate of drug-likeness (QED) is 0.739. The zero-order valence-corrected chi connectivity index (χ0v) is 12.2. The van der Waals surface area contributed by atoms with Gasteiger partial charge in [0.25, 0.3) is 0 Å². The summed E-state index contributed by atoms with van der Waals surface area (Å²) in [4.78, 5) is 0. The van der Waals surface area contributed by atoms with Crippen LogP contribution in [0.2, 0.25) is 12.1 Å². The molecule has 0 bridgehead atoms. The van der Waals surface area contributed by atoms with Crippen molar-refractivity contribution in [3.63, 3.8) is 0 Å². The molecule has 1 heterocycles. The van der Waals surface area contributed by atoms with Crippen molar-refractivity contribution in [2.75, 3.05) is 0 Å². The van der Waals surface area contributed by atoms with Gasteiger partial charge in [-0.1, -0.05) is 77.5 Å². The second kappa shape index (κ2) is 5.26. The first-order chi connectivity index (χ1) is 7.92. The molecule has 0 nitrogen and oxygen atoms in total. The van der Waals surface area contributed by atoms with Gasteiger partial charge in [0.15, 0.2) is 0 Å². The van der Waals surface area contributed by atoms with Gasteiger partial charge in [0.05, 0.1) is 0 Å². The maximum atomic E-state index is 2.33. The zero-order chi connectivity index (χ0) is 10.8. The van der Waals surface area contributed by atoms with Crippen LogP contribution in [0.25, 0.3) is 0 Å². The van der Waals surface area contributed by atoms with Crippen LogP contribution in [0.1, 0.15) is 6.42 Å². The Morgan fingerprint density at radius 1 is 0.647 bits per heavy atom. The van der Waals surface area contributed by atoms with Crippen molar-refractivity contribution < 1.29 is 18.6 Å². The van der Waals surface area contributed by atoms with E-state index in [0.29, 0.717) is 0 Å². The minimum absolute atomic E-state index is 0. The molecule has 85 valence electrons. The molecule has 0 unspecified atom stereocenters. The Balaban J connectivity index is 0.00000108. The summed E-state index contributed by atoms with van der Waals surface area (Å²) in [7, 11) is -1.30. The maximum absolute atomic E-state index is 2.33. The minimum atomic E-state index is -1.30. The van der Waals surface area contributed by atoms with Gasteiger partial charge in [0.1, 0.15) is 8.07 Å². The number of rotatable bonds is 2. The summed E-state index contributed by atoms with van der Waals surface area (Å²) in [6, 6.07) is 25.2. The molecule has 0 amide bonds. The van der Waals surface area contributed by atoms with E-state index in [4.69, 9.17) is 0 Å². The van der Waals surface area contributed by atoms with E-state index in [1.54, 1.807) is 10.4 Å². The third kappa shape index (κ3) is 2.15. The molecule has 1 fully saturated rings. The summed E-state index contributed by atoms with van der Waals surface area (Å²) in [6.45, 7) is 0. The van der Waals surface area contributed by atoms with Crippen LogP contribution in [0.15, 0.2) is 60.7 Å². The normalized spacial score (nSPS) is 16.7. The molecule has 0 aromatic heterocycles. The summed E-state index contributed by atoms with van der Waals surface area (Å²) in [6.07, 6.45) is 1.41. The molecule has 0 N–H and O–H groups in total. The third-order valence-electron chi connectivity index (χ3n) is 3.86. The van der Waals surface area contributed by atoms with Gasteiger partial charge >= 0.3 is 0 Å². The average molecular weight is 275 g/mol. The Hall–Kier alpha value is -0.759. The fourth-order valence-corrected chi connectivity index (χ4v) is 7.00. The molecular weight excluding hydrogens is 259 g/mol. The smallest absolute Gasteiger partial charge is 0.0626 e. The summed E-state index contributed by atoms with van der Waals surface area (Å²) >= 11 is 0. The molecule has 1 aliphatic rings. The van der Waals surface area contributed by atoms with E-state index in [9.17, 15) is 0 Å². The van der Waals surface area contributed by atoms with E-state index in [1.807, 2.05) is 0 Å². The molecular formula is C15H16SiV. The Bertz CT molecular complexity index is 421. The van der Waals surface area contributed by atoms with Gasteiger partial charge in [0.2, 0.25) is 0 Å². The van der Waals surface area contributed by atoms with Crippen LogP contribution in [0.5, 0.6) is 0 Å². The van der Waals surface area contributed by atoms with Crippen molar-refractivity contribution in [1.82, 2.24) is 0 Å². The van der Waals surface area contributed by atoms with Gasteiger partial charge in [0, 0.05) is 18.6 Å². The van der Waals surface area contributed by atoms with Crippen molar-refractivity contribution in [2.24, 2.45) is 0 Å². The second-order valence-electron chi connectivity index (χ2n) is 4.67. The van der Waals surface area contributed by atoms with Gasteiger partial charge in [-0.2, -0.15) is 0 Å². The van der Waals surface area contributed by atoms with Crippen LogP contribution in [-0.2, 0) is 18.6 Å². The Morgan fingerprint density at radius 3 is 1.35 bits per heavy atom. The molecule has 0 aliphatic carbocycles. The number of hydrogen-bond acceptors (Lipinski definition) is 0. The Labute approximate surface area is 116 Å². The van der Waals surface area contributed by atoms with E-state index >= 15 is 0 Å². The van der Waals surface area contributed by atoms with Gasteiger partial charge in [-0.3, -0.25) is 0 Å². The molecule has 2 aromatic carbocycles. The third-order valence-corrected chi connectivity index (χ3v) is 9.15. The van der Waals surface area contributed by atoms with Crippen LogP contribution in [0.3, 0.4) is 0 Å². The van der Waals surface area contributed by atoms with Crippen molar-refractivity contribution in [3.8, 4) is 0 Å². The van der Waals surface area contributed by atoms with E-state index in [2.05, 4.69) is 60.7 Å². The summed E-state index contributed by atoms with van der Waals surface area (Å²) in [5, 5.41) is 3.24. The molecule has 0 spiro atoms. The van der Waals surface area contributed by atoms with Crippen molar-refractivity contribution in [2.45, 2.75) is 18.5 Å². The van der Waals surface area contributed by atoms with Crippen molar-refractivity contribution in [3.05, 3.63) is 60.7 Å². The molecule has 0 atom stereocenters. The first-order valence-electron chi connectivity index (χ1n) is 6.03. The van der Waals surface area contributed by atoms with Crippen LogP contribution in [0.4, 0.5) is 0 Å². The minimum Gasteiger partial charge on any atom is -0.0626 e. The topological polar surface area (TPSA) is 0 Å². The second-order valence-corrected chi connectivity index (χ2v) is 8.99. The summed E-state index contributed by atoms with van der Waals surface area (Å²) in [5.74, 6) is 0. The molecule has 1 aliphatic heterocycles. The first kappa shape index (κ1) is 12.7. The van der Waals surface area contributed by atoms with Crippen LogP contribution in [-0.4, -0.2) is 8.07 Å². The van der Waals surface area contributed by atoms with Crippen LogP contribution in [0, 0.1) is 0 Å². The van der Waals surface area contributed by atoms with E-state index in [0.717, 1.165) is 0 Å². The fraction of sp³-hybridized carbons (Fsp3) is 0.200. The molecule has 2 aromatic rings. The molecule has 1 saturated heterocycles. The summed E-state index contributed by atoms with van der Waals surface area (Å²) < 4.78 is 0. The molecule has 0 saturated carbocycles. The van der Waals surface area contributed by atoms with Gasteiger partial charge in [-0.25, -0.2) is 0 Å². The van der Waals surface area contributed by atoms with Gasteiger partial charge < -0.3 is 0 Å². The molecule has 2 heteroatoms. The van der Waals surface area contributed by atoms with E-state index < -0.39 is 8.07 Å². The predicted molar refractivity (Wildman–Crippen MR) is 72.1 cm³/mol. The average Bonchev–Trinajstić information content (AvgIpc) is 2.31. The SMILES string of the molecule is [V].c1ccc([Si]2(c3ccccc3)CCC2)cc1. The fourth-order valence-electron chi connectivity index (χ4n) is 2.79. The standard InChI is InChI=1S/C15H16Si.V/c1-3-8-14(9-4-1)16(12-7-13-16)15-10-5-2-6-11-15;/h1-6,8-11H,7,12-13H2;. The monoisotopic (exact) mass is 275 g/mol. The van der Waals surface area contributed by atoms with Crippen LogP contribution < -0.4 is 10.4 Å². The van der Waals surface area contributed by atoms with Crippen LogP contribution >= 0.6 is 0 Å². The van der Waals surface area contributed by atoms with Crippen molar-refractivity contribution >= 4 is 18.4 Å². The predicted octanol–water partition coefficient (Wildman–Crippen LogP) is 2.65.